The fourth-order valence-electron chi connectivity index (χ4n) is 1.84. The summed E-state index contributed by atoms with van der Waals surface area (Å²) in [5.41, 5.74) is 0. The van der Waals surface area contributed by atoms with Crippen molar-refractivity contribution >= 4 is 0 Å². The van der Waals surface area contributed by atoms with Gasteiger partial charge in [-0.25, -0.2) is 0 Å². The molecule has 2 heteroatoms. The van der Waals surface area contributed by atoms with Gasteiger partial charge in [0, 0.05) is 13.2 Å². The molecule has 2 nitrogen and oxygen atoms in total. The molecule has 2 unspecified atom stereocenters. The Labute approximate surface area is 90.6 Å². The first-order chi connectivity index (χ1) is 6.67. The van der Waals surface area contributed by atoms with Crippen LogP contribution in [0.25, 0.3) is 0 Å². The number of hydrogen-bond donors (Lipinski definition) is 0. The summed E-state index contributed by atoms with van der Waals surface area (Å²) in [4.78, 5) is 2.30. The highest BCUT2D eigenvalue weighted by atomic mass is 16.5. The topological polar surface area (TPSA) is 12.5 Å². The molecule has 0 bridgehead atoms. The zero-order valence-corrected chi connectivity index (χ0v) is 11.1. The Morgan fingerprint density at radius 1 is 1.07 bits per heavy atom. The molecule has 0 aromatic rings. The molecule has 0 aromatic heterocycles. The number of methoxy groups -OCH3 is 1. The molecule has 0 rings (SSSR count). The first kappa shape index (κ1) is 16.4. The van der Waals surface area contributed by atoms with E-state index in [9.17, 15) is 0 Å². The maximum Gasteiger partial charge on any atom is 0.0505 e. The normalized spacial score (nSPS) is 14.6. The van der Waals surface area contributed by atoms with E-state index >= 15 is 0 Å². The highest BCUT2D eigenvalue weighted by molar-refractivity contribution is 4.73. The lowest BCUT2D eigenvalue weighted by Gasteiger charge is -2.30. The van der Waals surface area contributed by atoms with Crippen molar-refractivity contribution in [3.63, 3.8) is 0 Å². The quantitative estimate of drug-likeness (QED) is 0.658. The zero-order valence-electron chi connectivity index (χ0n) is 11.1. The summed E-state index contributed by atoms with van der Waals surface area (Å²) in [5, 5.41) is 0. The van der Waals surface area contributed by atoms with E-state index < -0.39 is 0 Å². The zero-order chi connectivity index (χ0) is 11.6. The lowest BCUT2D eigenvalue weighted by atomic mass is 9.95. The Bertz CT molecular complexity index is 104. The Kier molecular flexibility index (Phi) is 12.8. The second kappa shape index (κ2) is 11.0. The van der Waals surface area contributed by atoms with Gasteiger partial charge in [-0.15, -0.1) is 0 Å². The van der Waals surface area contributed by atoms with Crippen molar-refractivity contribution < 1.29 is 4.74 Å². The minimum atomic E-state index is 0.662. The highest BCUT2D eigenvalue weighted by Gasteiger charge is 2.19. The van der Waals surface area contributed by atoms with E-state index in [1.54, 1.807) is 7.11 Å². The summed E-state index contributed by atoms with van der Waals surface area (Å²) in [6.07, 6.45) is 2.40. The third-order valence-corrected chi connectivity index (χ3v) is 2.53. The maximum atomic E-state index is 5.20. The van der Waals surface area contributed by atoms with E-state index in [1.165, 1.54) is 12.8 Å². The molecule has 0 N–H and O–H groups in total. The van der Waals surface area contributed by atoms with Gasteiger partial charge in [0.2, 0.25) is 0 Å². The van der Waals surface area contributed by atoms with E-state index in [0.29, 0.717) is 12.0 Å². The number of ether oxygens (including phenoxy) is 1. The van der Waals surface area contributed by atoms with Crippen LogP contribution in [0.5, 0.6) is 0 Å². The number of nitrogens with zero attached hydrogens (tertiary/aromatic N) is 1. The molecule has 0 aliphatic heterocycles. The largest absolute Gasteiger partial charge is 0.384 e. The van der Waals surface area contributed by atoms with Gasteiger partial charge in [-0.1, -0.05) is 27.7 Å². The third-order valence-electron chi connectivity index (χ3n) is 2.53. The summed E-state index contributed by atoms with van der Waals surface area (Å²) in [5.74, 6) is 0.676. The molecule has 0 heterocycles. The van der Waals surface area contributed by atoms with Crippen molar-refractivity contribution in [3.05, 3.63) is 0 Å². The van der Waals surface area contributed by atoms with Gasteiger partial charge in [0.15, 0.2) is 0 Å². The van der Waals surface area contributed by atoms with Crippen LogP contribution >= 0.6 is 0 Å². The number of hydrogen-bond acceptors (Lipinski definition) is 2. The molecule has 0 amide bonds. The van der Waals surface area contributed by atoms with Crippen LogP contribution < -0.4 is 0 Å². The van der Waals surface area contributed by atoms with Crippen LogP contribution in [0.4, 0.5) is 0 Å². The molecule has 0 aliphatic carbocycles. The van der Waals surface area contributed by atoms with Crippen molar-refractivity contribution in [1.29, 1.82) is 0 Å². The molecule has 88 valence electrons. The minimum absolute atomic E-state index is 0.662. The smallest absolute Gasteiger partial charge is 0.0505 e. The maximum absolute atomic E-state index is 5.20. The average Bonchev–Trinajstić information content (AvgIpc) is 2.20. The fourth-order valence-corrected chi connectivity index (χ4v) is 1.84. The van der Waals surface area contributed by atoms with Gasteiger partial charge in [-0.3, -0.25) is 0 Å². The molecule has 14 heavy (non-hydrogen) atoms. The Hall–Kier alpha value is -0.0800. The van der Waals surface area contributed by atoms with Gasteiger partial charge in [-0.2, -0.15) is 0 Å². The molecule has 0 saturated carbocycles. The second-order valence-corrected chi connectivity index (χ2v) is 3.56. The van der Waals surface area contributed by atoms with Crippen LogP contribution in [-0.4, -0.2) is 38.8 Å². The predicted molar refractivity (Wildman–Crippen MR) is 64.8 cm³/mol. The van der Waals surface area contributed by atoms with Crippen molar-refractivity contribution in [3.8, 4) is 0 Å². The van der Waals surface area contributed by atoms with Crippen LogP contribution in [0.1, 0.15) is 40.5 Å². The average molecular weight is 203 g/mol. The first-order valence-electron chi connectivity index (χ1n) is 5.82. The highest BCUT2D eigenvalue weighted by Crippen LogP contribution is 2.16. The third kappa shape index (κ3) is 6.39. The lowest BCUT2D eigenvalue weighted by molar-refractivity contribution is 0.0925. The summed E-state index contributed by atoms with van der Waals surface area (Å²) >= 11 is 0. The van der Waals surface area contributed by atoms with Crippen molar-refractivity contribution in [1.82, 2.24) is 4.90 Å². The molecular weight excluding hydrogens is 174 g/mol. The van der Waals surface area contributed by atoms with E-state index in [-0.39, 0.29) is 0 Å². The molecule has 2 atom stereocenters. The molecule has 0 aromatic carbocycles. The van der Waals surface area contributed by atoms with Gasteiger partial charge < -0.3 is 9.64 Å². The van der Waals surface area contributed by atoms with Crippen LogP contribution in [0.15, 0.2) is 0 Å². The standard InChI is InChI=1S/C10H23NO.C2H6/c1-6-9(8-12-5)10(7-2)11(3)4;1-2/h9-10H,6-8H2,1-5H3;1-2H3. The van der Waals surface area contributed by atoms with E-state index in [4.69, 9.17) is 4.74 Å². The summed E-state index contributed by atoms with van der Waals surface area (Å²) < 4.78 is 5.20. The fraction of sp³-hybridized carbons (Fsp3) is 1.00. The Morgan fingerprint density at radius 3 is 1.79 bits per heavy atom. The second-order valence-electron chi connectivity index (χ2n) is 3.56. The van der Waals surface area contributed by atoms with Gasteiger partial charge >= 0.3 is 0 Å². The Morgan fingerprint density at radius 2 is 1.57 bits per heavy atom. The van der Waals surface area contributed by atoms with Gasteiger partial charge in [0.25, 0.3) is 0 Å². The van der Waals surface area contributed by atoms with E-state index in [2.05, 4.69) is 32.8 Å². The summed E-state index contributed by atoms with van der Waals surface area (Å²) in [6, 6.07) is 0.662. The van der Waals surface area contributed by atoms with E-state index in [0.717, 1.165) is 6.61 Å². The Balaban J connectivity index is 0. The summed E-state index contributed by atoms with van der Waals surface area (Å²) in [6.45, 7) is 9.35. The molecule has 0 spiro atoms. The van der Waals surface area contributed by atoms with Crippen LogP contribution in [0.3, 0.4) is 0 Å². The monoisotopic (exact) mass is 203 g/mol. The van der Waals surface area contributed by atoms with Crippen LogP contribution in [0.2, 0.25) is 0 Å². The number of rotatable bonds is 6. The molecule has 0 saturated heterocycles. The van der Waals surface area contributed by atoms with Crippen molar-refractivity contribution in [2.75, 3.05) is 27.8 Å². The molecule has 0 fully saturated rings. The van der Waals surface area contributed by atoms with Gasteiger partial charge in [0.1, 0.15) is 0 Å². The van der Waals surface area contributed by atoms with Crippen LogP contribution in [-0.2, 0) is 4.74 Å². The predicted octanol–water partition coefficient (Wildman–Crippen LogP) is 3.03. The van der Waals surface area contributed by atoms with Crippen molar-refractivity contribution in [2.45, 2.75) is 46.6 Å². The lowest BCUT2D eigenvalue weighted by Crippen LogP contribution is -2.36. The van der Waals surface area contributed by atoms with Gasteiger partial charge in [-0.05, 0) is 32.9 Å². The molecule has 0 radical (unpaired) electrons. The molecule has 0 aliphatic rings. The van der Waals surface area contributed by atoms with Crippen LogP contribution in [0, 0.1) is 5.92 Å². The summed E-state index contributed by atoms with van der Waals surface area (Å²) in [7, 11) is 6.07. The minimum Gasteiger partial charge on any atom is -0.384 e. The SMILES string of the molecule is CC.CCC(COC)C(CC)N(C)C. The first-order valence-corrected chi connectivity index (χ1v) is 5.82. The molecular formula is C12H29NO. The van der Waals surface area contributed by atoms with Gasteiger partial charge in [0.05, 0.1) is 6.61 Å². The van der Waals surface area contributed by atoms with E-state index in [1.807, 2.05) is 13.8 Å². The van der Waals surface area contributed by atoms with Crippen molar-refractivity contribution in [2.24, 2.45) is 5.92 Å².